The highest BCUT2D eigenvalue weighted by molar-refractivity contribution is 5.25. The Morgan fingerprint density at radius 3 is 3.16 bits per heavy atom. The van der Waals surface area contributed by atoms with Gasteiger partial charge in [0.1, 0.15) is 0 Å². The molecule has 0 amide bonds. The summed E-state index contributed by atoms with van der Waals surface area (Å²) >= 11 is 0. The average Bonchev–Trinajstić information content (AvgIpc) is 2.39. The zero-order valence-electron chi connectivity index (χ0n) is 11.9. The van der Waals surface area contributed by atoms with Crippen molar-refractivity contribution in [2.75, 3.05) is 13.7 Å². The van der Waals surface area contributed by atoms with E-state index in [1.165, 1.54) is 6.42 Å². The molecule has 0 aliphatic heterocycles. The van der Waals surface area contributed by atoms with Crippen LogP contribution >= 0.6 is 0 Å². The van der Waals surface area contributed by atoms with Crippen molar-refractivity contribution in [3.8, 4) is 5.88 Å². The molecule has 0 radical (unpaired) electrons. The molecule has 0 spiro atoms. The van der Waals surface area contributed by atoms with E-state index in [4.69, 9.17) is 4.74 Å². The maximum atomic E-state index is 10.5. The minimum absolute atomic E-state index is 0.549. The van der Waals surface area contributed by atoms with Gasteiger partial charge in [0.25, 0.3) is 0 Å². The minimum atomic E-state index is -0.549. The molecule has 1 fully saturated rings. The normalized spacial score (nSPS) is 27.2. The Kier molecular flexibility index (Phi) is 4.77. The molecule has 4 heteroatoms. The Morgan fingerprint density at radius 2 is 2.42 bits per heavy atom. The number of hydrogen-bond acceptors (Lipinski definition) is 4. The number of methoxy groups -OCH3 is 1. The van der Waals surface area contributed by atoms with Gasteiger partial charge in [-0.15, -0.1) is 0 Å². The van der Waals surface area contributed by atoms with Gasteiger partial charge in [-0.25, -0.2) is 4.98 Å². The number of pyridine rings is 1. The third-order valence-electron chi connectivity index (χ3n) is 3.88. The van der Waals surface area contributed by atoms with E-state index in [9.17, 15) is 5.11 Å². The van der Waals surface area contributed by atoms with Gasteiger partial charge in [-0.05, 0) is 24.8 Å². The van der Waals surface area contributed by atoms with Crippen LogP contribution in [0.1, 0.15) is 38.2 Å². The first kappa shape index (κ1) is 14.3. The molecule has 2 unspecified atom stereocenters. The zero-order valence-corrected chi connectivity index (χ0v) is 11.9. The maximum Gasteiger partial charge on any atom is 0.217 e. The van der Waals surface area contributed by atoms with E-state index in [1.807, 2.05) is 12.1 Å². The lowest BCUT2D eigenvalue weighted by atomic mass is 9.79. The third-order valence-corrected chi connectivity index (χ3v) is 3.88. The molecule has 0 saturated heterocycles. The predicted molar refractivity (Wildman–Crippen MR) is 75.1 cm³/mol. The highest BCUT2D eigenvalue weighted by Crippen LogP contribution is 2.31. The first-order valence-corrected chi connectivity index (χ1v) is 7.04. The minimum Gasteiger partial charge on any atom is -0.481 e. The average molecular weight is 264 g/mol. The largest absolute Gasteiger partial charge is 0.481 e. The lowest BCUT2D eigenvalue weighted by Crippen LogP contribution is -2.43. The molecule has 1 aliphatic carbocycles. The van der Waals surface area contributed by atoms with Crippen LogP contribution < -0.4 is 10.1 Å². The van der Waals surface area contributed by atoms with Crippen molar-refractivity contribution >= 4 is 0 Å². The molecular formula is C15H24N2O2. The van der Waals surface area contributed by atoms with Crippen LogP contribution in [0.2, 0.25) is 0 Å². The number of ether oxygens (including phenoxy) is 1. The van der Waals surface area contributed by atoms with Gasteiger partial charge in [0.05, 0.1) is 12.7 Å². The number of hydrogen-bond donors (Lipinski definition) is 2. The summed E-state index contributed by atoms with van der Waals surface area (Å²) in [5.74, 6) is 1.27. The van der Waals surface area contributed by atoms with Crippen LogP contribution in [0.5, 0.6) is 5.88 Å². The van der Waals surface area contributed by atoms with Crippen molar-refractivity contribution in [1.29, 1.82) is 0 Å². The van der Waals surface area contributed by atoms with E-state index >= 15 is 0 Å². The van der Waals surface area contributed by atoms with Crippen LogP contribution in [0.25, 0.3) is 0 Å². The van der Waals surface area contributed by atoms with Crippen molar-refractivity contribution in [3.05, 3.63) is 23.9 Å². The quantitative estimate of drug-likeness (QED) is 0.855. The number of aromatic nitrogens is 1. The third kappa shape index (κ3) is 3.91. The standard InChI is InChI=1S/C15H24N2O2/c1-12-5-3-7-15(18,9-12)11-16-10-13-6-4-8-17-14(13)19-2/h4,6,8,12,16,18H,3,5,7,9-11H2,1-2H3. The Morgan fingerprint density at radius 1 is 1.58 bits per heavy atom. The molecule has 19 heavy (non-hydrogen) atoms. The van der Waals surface area contributed by atoms with Gasteiger partial charge in [-0.1, -0.05) is 25.8 Å². The molecule has 1 aliphatic rings. The zero-order chi connectivity index (χ0) is 13.7. The summed E-state index contributed by atoms with van der Waals surface area (Å²) < 4.78 is 5.22. The lowest BCUT2D eigenvalue weighted by Gasteiger charge is -2.35. The highest BCUT2D eigenvalue weighted by Gasteiger charge is 2.32. The molecule has 2 atom stereocenters. The molecule has 2 rings (SSSR count). The summed E-state index contributed by atoms with van der Waals surface area (Å²) in [6.07, 6.45) is 5.87. The van der Waals surface area contributed by atoms with E-state index in [1.54, 1.807) is 13.3 Å². The summed E-state index contributed by atoms with van der Waals surface area (Å²) in [7, 11) is 1.63. The van der Waals surface area contributed by atoms with Gasteiger partial charge in [-0.3, -0.25) is 0 Å². The molecule has 0 bridgehead atoms. The smallest absolute Gasteiger partial charge is 0.217 e. The number of rotatable bonds is 5. The van der Waals surface area contributed by atoms with Gasteiger partial charge in [-0.2, -0.15) is 0 Å². The summed E-state index contributed by atoms with van der Waals surface area (Å²) in [4.78, 5) is 4.17. The van der Waals surface area contributed by atoms with Crippen LogP contribution in [0.3, 0.4) is 0 Å². The van der Waals surface area contributed by atoms with Gasteiger partial charge < -0.3 is 15.2 Å². The van der Waals surface area contributed by atoms with Crippen molar-refractivity contribution in [3.63, 3.8) is 0 Å². The number of aliphatic hydroxyl groups is 1. The van der Waals surface area contributed by atoms with Gasteiger partial charge in [0.15, 0.2) is 0 Å². The lowest BCUT2D eigenvalue weighted by molar-refractivity contribution is -0.0119. The van der Waals surface area contributed by atoms with E-state index in [0.29, 0.717) is 24.9 Å². The first-order chi connectivity index (χ1) is 9.13. The van der Waals surface area contributed by atoms with Crippen LogP contribution in [-0.2, 0) is 6.54 Å². The second-order valence-electron chi connectivity index (χ2n) is 5.70. The second kappa shape index (κ2) is 6.35. The van der Waals surface area contributed by atoms with Crippen LogP contribution in [-0.4, -0.2) is 29.3 Å². The Labute approximate surface area is 115 Å². The van der Waals surface area contributed by atoms with Crippen LogP contribution in [0, 0.1) is 5.92 Å². The molecule has 106 valence electrons. The topological polar surface area (TPSA) is 54.4 Å². The fourth-order valence-corrected chi connectivity index (χ4v) is 2.97. The van der Waals surface area contributed by atoms with E-state index in [-0.39, 0.29) is 0 Å². The highest BCUT2D eigenvalue weighted by atomic mass is 16.5. The van der Waals surface area contributed by atoms with Crippen molar-refractivity contribution in [2.24, 2.45) is 5.92 Å². The molecule has 4 nitrogen and oxygen atoms in total. The molecule has 1 saturated carbocycles. The van der Waals surface area contributed by atoms with Crippen LogP contribution in [0.15, 0.2) is 18.3 Å². The molecular weight excluding hydrogens is 240 g/mol. The predicted octanol–water partition coefficient (Wildman–Crippen LogP) is 2.12. The molecule has 1 aromatic rings. The number of nitrogens with zero attached hydrogens (tertiary/aromatic N) is 1. The first-order valence-electron chi connectivity index (χ1n) is 7.04. The summed E-state index contributed by atoms with van der Waals surface area (Å²) in [6.45, 7) is 3.53. The van der Waals surface area contributed by atoms with Crippen molar-refractivity contribution in [1.82, 2.24) is 10.3 Å². The monoisotopic (exact) mass is 264 g/mol. The SMILES string of the molecule is COc1ncccc1CNCC1(O)CCCC(C)C1. The van der Waals surface area contributed by atoms with Gasteiger partial charge >= 0.3 is 0 Å². The summed E-state index contributed by atoms with van der Waals surface area (Å²) in [6, 6.07) is 3.89. The molecule has 1 heterocycles. The fraction of sp³-hybridized carbons (Fsp3) is 0.667. The Bertz CT molecular complexity index is 411. The Hall–Kier alpha value is -1.13. The van der Waals surface area contributed by atoms with Crippen LogP contribution in [0.4, 0.5) is 0 Å². The molecule has 1 aromatic heterocycles. The maximum absolute atomic E-state index is 10.5. The Balaban J connectivity index is 1.86. The number of nitrogens with one attached hydrogen (secondary N) is 1. The van der Waals surface area contributed by atoms with E-state index in [0.717, 1.165) is 24.8 Å². The fourth-order valence-electron chi connectivity index (χ4n) is 2.97. The second-order valence-corrected chi connectivity index (χ2v) is 5.70. The summed E-state index contributed by atoms with van der Waals surface area (Å²) in [5, 5.41) is 13.9. The van der Waals surface area contributed by atoms with Gasteiger partial charge in [0, 0.05) is 24.8 Å². The van der Waals surface area contributed by atoms with Gasteiger partial charge in [0.2, 0.25) is 5.88 Å². The van der Waals surface area contributed by atoms with E-state index < -0.39 is 5.60 Å². The van der Waals surface area contributed by atoms with Crippen molar-refractivity contribution < 1.29 is 9.84 Å². The summed E-state index contributed by atoms with van der Waals surface area (Å²) in [5.41, 5.74) is 0.477. The molecule has 2 N–H and O–H groups in total. The molecule has 0 aromatic carbocycles. The van der Waals surface area contributed by atoms with Crippen molar-refractivity contribution in [2.45, 2.75) is 44.8 Å². The van der Waals surface area contributed by atoms with E-state index in [2.05, 4.69) is 17.2 Å².